The first-order chi connectivity index (χ1) is 14.1. The molecule has 4 rings (SSSR count). The average molecular weight is 391 g/mol. The molecule has 0 radical (unpaired) electrons. The van der Waals surface area contributed by atoms with E-state index in [0.717, 1.165) is 5.56 Å². The lowest BCUT2D eigenvalue weighted by atomic mass is 9.99. The zero-order chi connectivity index (χ0) is 20.4. The van der Waals surface area contributed by atoms with Crippen molar-refractivity contribution in [2.45, 2.75) is 12.5 Å². The second-order valence-corrected chi connectivity index (χ2v) is 6.75. The van der Waals surface area contributed by atoms with Gasteiger partial charge in [-0.25, -0.2) is 4.39 Å². The zero-order valence-electron chi connectivity index (χ0n) is 15.4. The average Bonchev–Trinajstić information content (AvgIpc) is 3.35. The molecule has 1 aromatic heterocycles. The van der Waals surface area contributed by atoms with Crippen molar-refractivity contribution < 1.29 is 23.5 Å². The SMILES string of the molecule is O=C1C(=O)N(CCc2ccccc2)C(c2ccco2)/C1=C(\O)c1ccc(F)cc1. The molecule has 0 spiro atoms. The number of carbonyl (C=O) groups is 2. The normalized spacial score (nSPS) is 18.4. The molecule has 2 aromatic carbocycles. The number of ketones is 1. The fourth-order valence-electron chi connectivity index (χ4n) is 3.51. The van der Waals surface area contributed by atoms with Crippen molar-refractivity contribution in [3.05, 3.63) is 101 Å². The Labute approximate surface area is 166 Å². The van der Waals surface area contributed by atoms with Gasteiger partial charge in [0.15, 0.2) is 0 Å². The van der Waals surface area contributed by atoms with Crippen molar-refractivity contribution in [1.82, 2.24) is 4.90 Å². The molecular formula is C23H18FNO4. The van der Waals surface area contributed by atoms with Gasteiger partial charge in [-0.15, -0.1) is 0 Å². The molecule has 1 aliphatic rings. The van der Waals surface area contributed by atoms with E-state index in [4.69, 9.17) is 4.42 Å². The highest BCUT2D eigenvalue weighted by Gasteiger charge is 2.47. The zero-order valence-corrected chi connectivity index (χ0v) is 15.4. The third-order valence-electron chi connectivity index (χ3n) is 4.95. The summed E-state index contributed by atoms with van der Waals surface area (Å²) in [5, 5.41) is 10.8. The second-order valence-electron chi connectivity index (χ2n) is 6.75. The van der Waals surface area contributed by atoms with Crippen LogP contribution in [0.2, 0.25) is 0 Å². The maximum Gasteiger partial charge on any atom is 0.295 e. The first-order valence-corrected chi connectivity index (χ1v) is 9.18. The number of likely N-dealkylation sites (tertiary alicyclic amines) is 1. The first kappa shape index (κ1) is 18.7. The smallest absolute Gasteiger partial charge is 0.295 e. The van der Waals surface area contributed by atoms with E-state index < -0.39 is 23.5 Å². The Kier molecular flexibility index (Phi) is 4.99. The Morgan fingerprint density at radius 2 is 1.72 bits per heavy atom. The van der Waals surface area contributed by atoms with Crippen LogP contribution in [0.1, 0.15) is 22.9 Å². The molecule has 29 heavy (non-hydrogen) atoms. The standard InChI is InChI=1S/C23H18FNO4/c24-17-10-8-16(9-11-17)21(26)19-20(18-7-4-14-29-18)25(23(28)22(19)27)13-12-15-5-2-1-3-6-15/h1-11,14,20,26H,12-13H2/b21-19+. The van der Waals surface area contributed by atoms with E-state index in [2.05, 4.69) is 0 Å². The lowest BCUT2D eigenvalue weighted by molar-refractivity contribution is -0.140. The number of Topliss-reactive ketones (excluding diaryl/α,β-unsaturated/α-hetero) is 1. The van der Waals surface area contributed by atoms with Crippen LogP contribution in [0.5, 0.6) is 0 Å². The van der Waals surface area contributed by atoms with Gasteiger partial charge in [0.25, 0.3) is 11.7 Å². The minimum Gasteiger partial charge on any atom is -0.507 e. The van der Waals surface area contributed by atoms with Gasteiger partial charge in [0.1, 0.15) is 23.4 Å². The van der Waals surface area contributed by atoms with Crippen LogP contribution >= 0.6 is 0 Å². The fraction of sp³-hybridized carbons (Fsp3) is 0.130. The van der Waals surface area contributed by atoms with Crippen LogP contribution in [0.3, 0.4) is 0 Å². The second kappa shape index (κ2) is 7.75. The van der Waals surface area contributed by atoms with E-state index in [-0.39, 0.29) is 23.4 Å². The minimum atomic E-state index is -0.848. The predicted octanol–water partition coefficient (Wildman–Crippen LogP) is 4.08. The van der Waals surface area contributed by atoms with E-state index in [9.17, 15) is 19.1 Å². The molecule has 0 saturated carbocycles. The molecule has 1 aliphatic heterocycles. The first-order valence-electron chi connectivity index (χ1n) is 9.18. The summed E-state index contributed by atoms with van der Waals surface area (Å²) in [6.45, 7) is 0.278. The van der Waals surface area contributed by atoms with Crippen molar-refractivity contribution in [2.24, 2.45) is 0 Å². The number of hydrogen-bond acceptors (Lipinski definition) is 4. The van der Waals surface area contributed by atoms with E-state index in [1.165, 1.54) is 35.4 Å². The molecule has 2 heterocycles. The molecule has 3 aromatic rings. The van der Waals surface area contributed by atoms with Crippen molar-refractivity contribution in [3.63, 3.8) is 0 Å². The Morgan fingerprint density at radius 3 is 2.38 bits per heavy atom. The van der Waals surface area contributed by atoms with Gasteiger partial charge in [0.05, 0.1) is 11.8 Å². The number of carbonyl (C=O) groups excluding carboxylic acids is 2. The number of aliphatic hydroxyl groups is 1. The van der Waals surface area contributed by atoms with Crippen molar-refractivity contribution in [1.29, 1.82) is 0 Å². The minimum absolute atomic E-state index is 0.0652. The number of hydrogen-bond donors (Lipinski definition) is 1. The van der Waals surface area contributed by atoms with Gasteiger partial charge in [-0.05, 0) is 48.4 Å². The van der Waals surface area contributed by atoms with Crippen LogP contribution in [-0.4, -0.2) is 28.2 Å². The van der Waals surface area contributed by atoms with Gasteiger partial charge in [-0.2, -0.15) is 0 Å². The number of furan rings is 1. The molecule has 1 fully saturated rings. The molecule has 1 saturated heterocycles. The molecule has 1 N–H and O–H groups in total. The molecule has 0 aliphatic carbocycles. The van der Waals surface area contributed by atoms with Gasteiger partial charge < -0.3 is 14.4 Å². The molecular weight excluding hydrogens is 373 g/mol. The molecule has 6 heteroatoms. The molecule has 5 nitrogen and oxygen atoms in total. The monoisotopic (exact) mass is 391 g/mol. The highest BCUT2D eigenvalue weighted by Crippen LogP contribution is 2.39. The number of benzene rings is 2. The lowest BCUT2D eigenvalue weighted by Gasteiger charge is -2.23. The highest BCUT2D eigenvalue weighted by molar-refractivity contribution is 6.46. The summed E-state index contributed by atoms with van der Waals surface area (Å²) in [7, 11) is 0. The van der Waals surface area contributed by atoms with Crippen LogP contribution in [0.25, 0.3) is 5.76 Å². The number of aliphatic hydroxyl groups excluding tert-OH is 1. The summed E-state index contributed by atoms with van der Waals surface area (Å²) < 4.78 is 18.7. The molecule has 1 atom stereocenters. The van der Waals surface area contributed by atoms with Gasteiger partial charge in [0, 0.05) is 12.1 Å². The molecule has 146 valence electrons. The third kappa shape index (κ3) is 3.57. The number of halogens is 1. The summed E-state index contributed by atoms with van der Waals surface area (Å²) in [4.78, 5) is 27.0. The van der Waals surface area contributed by atoms with Crippen LogP contribution in [0, 0.1) is 5.82 Å². The van der Waals surface area contributed by atoms with Crippen molar-refractivity contribution in [3.8, 4) is 0 Å². The van der Waals surface area contributed by atoms with E-state index in [0.29, 0.717) is 12.2 Å². The van der Waals surface area contributed by atoms with E-state index in [1.807, 2.05) is 30.3 Å². The Morgan fingerprint density at radius 1 is 1.00 bits per heavy atom. The number of rotatable bonds is 5. The highest BCUT2D eigenvalue weighted by atomic mass is 19.1. The van der Waals surface area contributed by atoms with Crippen LogP contribution in [0.4, 0.5) is 4.39 Å². The molecule has 0 bridgehead atoms. The third-order valence-corrected chi connectivity index (χ3v) is 4.95. The van der Waals surface area contributed by atoms with Gasteiger partial charge in [-0.3, -0.25) is 9.59 Å². The Bertz CT molecular complexity index is 1060. The van der Waals surface area contributed by atoms with Gasteiger partial charge in [-0.1, -0.05) is 30.3 Å². The Balaban J connectivity index is 1.74. The van der Waals surface area contributed by atoms with Crippen molar-refractivity contribution >= 4 is 17.4 Å². The molecule has 1 amide bonds. The summed E-state index contributed by atoms with van der Waals surface area (Å²) in [6.07, 6.45) is 1.99. The summed E-state index contributed by atoms with van der Waals surface area (Å²) in [5.74, 6) is -1.94. The quantitative estimate of drug-likeness (QED) is 0.404. The lowest BCUT2D eigenvalue weighted by Crippen LogP contribution is -2.31. The van der Waals surface area contributed by atoms with E-state index in [1.54, 1.807) is 12.1 Å². The largest absolute Gasteiger partial charge is 0.507 e. The van der Waals surface area contributed by atoms with Gasteiger partial charge in [0.2, 0.25) is 0 Å². The summed E-state index contributed by atoms with van der Waals surface area (Å²) in [5.41, 5.74) is 1.21. The van der Waals surface area contributed by atoms with Crippen molar-refractivity contribution in [2.75, 3.05) is 6.54 Å². The van der Waals surface area contributed by atoms with Gasteiger partial charge >= 0.3 is 0 Å². The summed E-state index contributed by atoms with van der Waals surface area (Å²) >= 11 is 0. The van der Waals surface area contributed by atoms with Crippen LogP contribution < -0.4 is 0 Å². The number of nitrogens with zero attached hydrogens (tertiary/aromatic N) is 1. The maximum atomic E-state index is 13.2. The van der Waals surface area contributed by atoms with Crippen LogP contribution in [-0.2, 0) is 16.0 Å². The fourth-order valence-corrected chi connectivity index (χ4v) is 3.51. The Hall–Kier alpha value is -3.67. The molecule has 1 unspecified atom stereocenters. The van der Waals surface area contributed by atoms with Crippen LogP contribution in [0.15, 0.2) is 83.0 Å². The maximum absolute atomic E-state index is 13.2. The summed E-state index contributed by atoms with van der Waals surface area (Å²) in [6, 6.07) is 17.2. The predicted molar refractivity (Wildman–Crippen MR) is 104 cm³/mol. The number of amides is 1. The topological polar surface area (TPSA) is 70.8 Å². The van der Waals surface area contributed by atoms with E-state index >= 15 is 0 Å².